The third-order valence-electron chi connectivity index (χ3n) is 2.85. The Morgan fingerprint density at radius 1 is 1.14 bits per heavy atom. The van der Waals surface area contributed by atoms with Crippen LogP contribution < -0.4 is 0 Å². The number of ketones is 1. The van der Waals surface area contributed by atoms with Gasteiger partial charge >= 0.3 is 5.97 Å². The number of carbonyl (C=O) groups excluding carboxylic acids is 1. The predicted molar refractivity (Wildman–Crippen MR) is 82.5 cm³/mol. The molecular formula is C16H10BrFO4. The van der Waals surface area contributed by atoms with Crippen LogP contribution in [0, 0.1) is 5.82 Å². The van der Waals surface area contributed by atoms with Gasteiger partial charge in [0, 0.05) is 4.47 Å². The molecule has 22 heavy (non-hydrogen) atoms. The van der Waals surface area contributed by atoms with Gasteiger partial charge < -0.3 is 10.2 Å². The summed E-state index contributed by atoms with van der Waals surface area (Å²) in [5, 5.41) is 18.9. The Balaban J connectivity index is 2.36. The molecule has 0 fully saturated rings. The van der Waals surface area contributed by atoms with Crippen molar-refractivity contribution in [2.75, 3.05) is 0 Å². The lowest BCUT2D eigenvalue weighted by atomic mass is 10.0. The molecule has 0 unspecified atom stereocenters. The molecule has 2 rings (SSSR count). The number of halogens is 2. The first-order chi connectivity index (χ1) is 10.4. The molecule has 0 aromatic heterocycles. The standard InChI is InChI=1S/C16H10BrFO4/c17-10-7-12(15(20)13(8-10)16(21)22)14(19)5-4-9-2-1-3-11(18)6-9/h1-8,20H,(H,21,22)/b5-4+. The van der Waals surface area contributed by atoms with Crippen LogP contribution in [0.25, 0.3) is 6.08 Å². The van der Waals surface area contributed by atoms with Crippen LogP contribution in [0.5, 0.6) is 5.75 Å². The van der Waals surface area contributed by atoms with Crippen LogP contribution in [-0.2, 0) is 0 Å². The quantitative estimate of drug-likeness (QED) is 0.637. The number of carboxylic acid groups (broad SMARTS) is 1. The summed E-state index contributed by atoms with van der Waals surface area (Å²) in [6, 6.07) is 8.14. The van der Waals surface area contributed by atoms with Crippen LogP contribution in [-0.4, -0.2) is 22.0 Å². The smallest absolute Gasteiger partial charge is 0.339 e. The summed E-state index contributed by atoms with van der Waals surface area (Å²) in [5.74, 6) is -2.98. The minimum Gasteiger partial charge on any atom is -0.506 e. The molecule has 0 bridgehead atoms. The zero-order valence-corrected chi connectivity index (χ0v) is 12.7. The molecule has 2 aromatic carbocycles. The van der Waals surface area contributed by atoms with E-state index >= 15 is 0 Å². The van der Waals surface area contributed by atoms with Crippen molar-refractivity contribution in [2.45, 2.75) is 0 Å². The lowest BCUT2D eigenvalue weighted by molar-refractivity contribution is 0.0693. The van der Waals surface area contributed by atoms with Gasteiger partial charge in [0.05, 0.1) is 5.56 Å². The molecule has 2 aromatic rings. The summed E-state index contributed by atoms with van der Waals surface area (Å²) in [5.41, 5.74) is -0.0578. The first-order valence-electron chi connectivity index (χ1n) is 6.12. The minimum atomic E-state index is -1.35. The SMILES string of the molecule is O=C(O)c1cc(Br)cc(C(=O)/C=C/c2cccc(F)c2)c1O. The molecule has 112 valence electrons. The fourth-order valence-corrected chi connectivity index (χ4v) is 2.28. The van der Waals surface area contributed by atoms with Gasteiger partial charge in [0.15, 0.2) is 5.78 Å². The van der Waals surface area contributed by atoms with Gasteiger partial charge in [-0.15, -0.1) is 0 Å². The molecule has 0 spiro atoms. The predicted octanol–water partition coefficient (Wildman–Crippen LogP) is 3.89. The second-order valence-electron chi connectivity index (χ2n) is 4.41. The summed E-state index contributed by atoms with van der Waals surface area (Å²) >= 11 is 3.09. The molecule has 0 aliphatic carbocycles. The van der Waals surface area contributed by atoms with Crippen LogP contribution in [0.2, 0.25) is 0 Å². The molecule has 0 heterocycles. The van der Waals surface area contributed by atoms with Gasteiger partial charge in [0.2, 0.25) is 0 Å². The van der Waals surface area contributed by atoms with Gasteiger partial charge in [-0.05, 0) is 35.9 Å². The third kappa shape index (κ3) is 3.59. The lowest BCUT2D eigenvalue weighted by Crippen LogP contribution is -2.03. The second-order valence-corrected chi connectivity index (χ2v) is 5.32. The van der Waals surface area contributed by atoms with Crippen LogP contribution in [0.15, 0.2) is 46.9 Å². The minimum absolute atomic E-state index is 0.153. The van der Waals surface area contributed by atoms with E-state index in [1.165, 1.54) is 36.4 Å². The zero-order valence-electron chi connectivity index (χ0n) is 11.1. The van der Waals surface area contributed by atoms with Gasteiger partial charge in [-0.2, -0.15) is 0 Å². The number of hydrogen-bond acceptors (Lipinski definition) is 3. The highest BCUT2D eigenvalue weighted by molar-refractivity contribution is 9.10. The molecule has 6 heteroatoms. The highest BCUT2D eigenvalue weighted by Crippen LogP contribution is 2.28. The maximum Gasteiger partial charge on any atom is 0.339 e. The van der Waals surface area contributed by atoms with E-state index in [1.54, 1.807) is 6.07 Å². The van der Waals surface area contributed by atoms with Crippen LogP contribution in [0.3, 0.4) is 0 Å². The summed E-state index contributed by atoms with van der Waals surface area (Å²) in [4.78, 5) is 23.1. The van der Waals surface area contributed by atoms with E-state index in [4.69, 9.17) is 5.11 Å². The van der Waals surface area contributed by atoms with Gasteiger partial charge in [-0.3, -0.25) is 4.79 Å². The van der Waals surface area contributed by atoms with Crippen LogP contribution >= 0.6 is 15.9 Å². The lowest BCUT2D eigenvalue weighted by Gasteiger charge is -2.05. The molecule has 0 aliphatic heterocycles. The molecule has 0 atom stereocenters. The third-order valence-corrected chi connectivity index (χ3v) is 3.30. The summed E-state index contributed by atoms with van der Waals surface area (Å²) in [7, 11) is 0. The molecule has 0 radical (unpaired) electrons. The van der Waals surface area contributed by atoms with Crippen molar-refractivity contribution in [3.8, 4) is 5.75 Å². The molecular weight excluding hydrogens is 355 g/mol. The number of benzene rings is 2. The Morgan fingerprint density at radius 3 is 2.45 bits per heavy atom. The first-order valence-corrected chi connectivity index (χ1v) is 6.91. The van der Waals surface area contributed by atoms with Crippen molar-refractivity contribution >= 4 is 33.8 Å². The highest BCUT2D eigenvalue weighted by Gasteiger charge is 2.18. The van der Waals surface area contributed by atoms with Crippen molar-refractivity contribution in [2.24, 2.45) is 0 Å². The molecule has 0 saturated heterocycles. The topological polar surface area (TPSA) is 74.6 Å². The Bertz CT molecular complexity index is 784. The van der Waals surface area contributed by atoms with Gasteiger partial charge in [-0.1, -0.05) is 34.1 Å². The number of aromatic carboxylic acids is 1. The highest BCUT2D eigenvalue weighted by atomic mass is 79.9. The average molecular weight is 365 g/mol. The Morgan fingerprint density at radius 2 is 1.82 bits per heavy atom. The summed E-state index contributed by atoms with van der Waals surface area (Å²) < 4.78 is 13.4. The van der Waals surface area contributed by atoms with E-state index < -0.39 is 23.3 Å². The number of carboxylic acids is 1. The van der Waals surface area contributed by atoms with Gasteiger partial charge in [0.1, 0.15) is 17.1 Å². The Hall–Kier alpha value is -2.47. The van der Waals surface area contributed by atoms with Crippen molar-refractivity contribution in [3.63, 3.8) is 0 Å². The molecule has 2 N–H and O–H groups in total. The number of phenols is 1. The number of hydrogen-bond donors (Lipinski definition) is 2. The molecule has 0 saturated carbocycles. The van der Waals surface area contributed by atoms with E-state index in [0.29, 0.717) is 10.0 Å². The largest absolute Gasteiger partial charge is 0.506 e. The average Bonchev–Trinajstić information content (AvgIpc) is 2.46. The normalized spacial score (nSPS) is 10.8. The maximum absolute atomic E-state index is 13.0. The Labute approximate surface area is 133 Å². The fourth-order valence-electron chi connectivity index (χ4n) is 1.82. The van der Waals surface area contributed by atoms with Gasteiger partial charge in [-0.25, -0.2) is 9.18 Å². The van der Waals surface area contributed by atoms with Crippen molar-refractivity contribution in [1.82, 2.24) is 0 Å². The van der Waals surface area contributed by atoms with E-state index in [2.05, 4.69) is 15.9 Å². The number of rotatable bonds is 4. The van der Waals surface area contributed by atoms with E-state index in [9.17, 15) is 19.1 Å². The fraction of sp³-hybridized carbons (Fsp3) is 0. The maximum atomic E-state index is 13.0. The van der Waals surface area contributed by atoms with Crippen molar-refractivity contribution in [3.05, 3.63) is 69.5 Å². The number of carbonyl (C=O) groups is 2. The van der Waals surface area contributed by atoms with E-state index in [1.807, 2.05) is 0 Å². The first kappa shape index (κ1) is 15.9. The van der Waals surface area contributed by atoms with Crippen LogP contribution in [0.1, 0.15) is 26.3 Å². The number of allylic oxidation sites excluding steroid dienone is 1. The molecule has 0 aliphatic rings. The monoisotopic (exact) mass is 364 g/mol. The van der Waals surface area contributed by atoms with Crippen LogP contribution in [0.4, 0.5) is 4.39 Å². The van der Waals surface area contributed by atoms with Crippen molar-refractivity contribution in [1.29, 1.82) is 0 Å². The van der Waals surface area contributed by atoms with E-state index in [0.717, 1.165) is 6.08 Å². The molecule has 0 amide bonds. The summed E-state index contributed by atoms with van der Waals surface area (Å²) in [6.45, 7) is 0. The zero-order chi connectivity index (χ0) is 16.3. The van der Waals surface area contributed by atoms with Crippen molar-refractivity contribution < 1.29 is 24.2 Å². The molecule has 4 nitrogen and oxygen atoms in total. The van der Waals surface area contributed by atoms with Gasteiger partial charge in [0.25, 0.3) is 0 Å². The van der Waals surface area contributed by atoms with E-state index in [-0.39, 0.29) is 11.1 Å². The Kier molecular flexibility index (Phi) is 4.72. The second kappa shape index (κ2) is 6.53. The number of aromatic hydroxyl groups is 1. The summed E-state index contributed by atoms with van der Waals surface area (Å²) in [6.07, 6.45) is 2.52.